The molecule has 0 unspecified atom stereocenters. The van der Waals surface area contributed by atoms with Crippen molar-refractivity contribution in [2.45, 2.75) is 19.8 Å². The first-order chi connectivity index (χ1) is 10.6. The molecule has 22 heavy (non-hydrogen) atoms. The summed E-state index contributed by atoms with van der Waals surface area (Å²) in [4.78, 5) is 14.7. The van der Waals surface area contributed by atoms with Gasteiger partial charge in [0.05, 0.1) is 0 Å². The Bertz CT molecular complexity index is 684. The van der Waals surface area contributed by atoms with E-state index in [1.165, 1.54) is 0 Å². The van der Waals surface area contributed by atoms with Crippen LogP contribution in [0.25, 0.3) is 11.3 Å². The van der Waals surface area contributed by atoms with Crippen molar-refractivity contribution in [3.8, 4) is 11.3 Å². The molecule has 1 aromatic carbocycles. The van der Waals surface area contributed by atoms with Crippen molar-refractivity contribution in [2.75, 3.05) is 13.1 Å². The highest BCUT2D eigenvalue weighted by Crippen LogP contribution is 2.26. The van der Waals surface area contributed by atoms with Crippen LogP contribution in [0.15, 0.2) is 40.9 Å². The maximum absolute atomic E-state index is 12.7. The van der Waals surface area contributed by atoms with Gasteiger partial charge in [0.2, 0.25) is 0 Å². The predicted molar refractivity (Wildman–Crippen MR) is 92.9 cm³/mol. The Morgan fingerprint density at radius 2 is 1.91 bits per heavy atom. The Kier molecular flexibility index (Phi) is 4.39. The molecule has 1 aliphatic heterocycles. The molecule has 1 amide bonds. The normalized spacial score (nSPS) is 16.0. The van der Waals surface area contributed by atoms with Gasteiger partial charge in [-0.1, -0.05) is 35.0 Å². The van der Waals surface area contributed by atoms with Gasteiger partial charge in [0.1, 0.15) is 5.69 Å². The Morgan fingerprint density at radius 1 is 1.18 bits per heavy atom. The second kappa shape index (κ2) is 6.29. The number of halogens is 1. The number of carbonyl (C=O) groups excluding carboxylic acids is 1. The van der Waals surface area contributed by atoms with Gasteiger partial charge in [0.15, 0.2) is 0 Å². The molecule has 116 valence electrons. The first kappa shape index (κ1) is 15.3. The van der Waals surface area contributed by atoms with Gasteiger partial charge in [-0.2, -0.15) is 0 Å². The highest BCUT2D eigenvalue weighted by molar-refractivity contribution is 9.10. The topological polar surface area (TPSA) is 25.2 Å². The van der Waals surface area contributed by atoms with Gasteiger partial charge in [-0.05, 0) is 48.6 Å². The average molecular weight is 361 g/mol. The van der Waals surface area contributed by atoms with Crippen molar-refractivity contribution in [1.82, 2.24) is 9.47 Å². The molecule has 2 heterocycles. The van der Waals surface area contributed by atoms with E-state index in [1.54, 1.807) is 0 Å². The lowest BCUT2D eigenvalue weighted by molar-refractivity contribution is 0.0688. The van der Waals surface area contributed by atoms with Crippen LogP contribution in [0.5, 0.6) is 0 Å². The van der Waals surface area contributed by atoms with Crippen molar-refractivity contribution in [1.29, 1.82) is 0 Å². The predicted octanol–water partition coefficient (Wildman–Crippen LogP) is 4.33. The fourth-order valence-corrected chi connectivity index (χ4v) is 3.44. The van der Waals surface area contributed by atoms with E-state index in [-0.39, 0.29) is 5.91 Å². The summed E-state index contributed by atoms with van der Waals surface area (Å²) >= 11 is 3.50. The highest BCUT2D eigenvalue weighted by Gasteiger charge is 2.23. The molecule has 0 radical (unpaired) electrons. The quantitative estimate of drug-likeness (QED) is 0.782. The Balaban J connectivity index is 1.85. The highest BCUT2D eigenvalue weighted by atomic mass is 79.9. The van der Waals surface area contributed by atoms with E-state index in [1.807, 2.05) is 40.8 Å². The van der Waals surface area contributed by atoms with Crippen LogP contribution in [-0.4, -0.2) is 28.5 Å². The zero-order chi connectivity index (χ0) is 15.7. The molecule has 3 rings (SSSR count). The fraction of sp³-hybridized carbons (Fsp3) is 0.389. The van der Waals surface area contributed by atoms with Crippen molar-refractivity contribution in [3.63, 3.8) is 0 Å². The molecule has 0 aliphatic carbocycles. The lowest BCUT2D eigenvalue weighted by Gasteiger charge is -2.30. The van der Waals surface area contributed by atoms with Gasteiger partial charge in [0, 0.05) is 30.3 Å². The maximum Gasteiger partial charge on any atom is 0.270 e. The van der Waals surface area contributed by atoms with E-state index in [0.717, 1.165) is 53.3 Å². The van der Waals surface area contributed by atoms with Gasteiger partial charge in [-0.3, -0.25) is 4.79 Å². The molecule has 1 aromatic heterocycles. The van der Waals surface area contributed by atoms with Gasteiger partial charge in [-0.25, -0.2) is 0 Å². The number of hydrogen-bond acceptors (Lipinski definition) is 1. The molecular weight excluding hydrogens is 340 g/mol. The van der Waals surface area contributed by atoms with Crippen LogP contribution in [0.3, 0.4) is 0 Å². The Hall–Kier alpha value is -1.55. The first-order valence-electron chi connectivity index (χ1n) is 7.77. The number of aromatic nitrogens is 1. The minimum absolute atomic E-state index is 0.149. The van der Waals surface area contributed by atoms with Gasteiger partial charge in [-0.15, -0.1) is 0 Å². The zero-order valence-electron chi connectivity index (χ0n) is 13.1. The van der Waals surface area contributed by atoms with Crippen LogP contribution < -0.4 is 0 Å². The minimum atomic E-state index is 0.149. The molecule has 0 bridgehead atoms. The van der Waals surface area contributed by atoms with E-state index in [0.29, 0.717) is 0 Å². The summed E-state index contributed by atoms with van der Waals surface area (Å²) in [6.45, 7) is 4.00. The summed E-state index contributed by atoms with van der Waals surface area (Å²) in [7, 11) is 1.97. The molecule has 0 saturated carbocycles. The number of nitrogens with zero attached hydrogens (tertiary/aromatic N) is 2. The number of likely N-dealkylation sites (tertiary alicyclic amines) is 1. The van der Waals surface area contributed by atoms with Gasteiger partial charge in [0.25, 0.3) is 5.91 Å². The third-order valence-electron chi connectivity index (χ3n) is 4.53. The van der Waals surface area contributed by atoms with E-state index >= 15 is 0 Å². The molecule has 0 atom stereocenters. The summed E-state index contributed by atoms with van der Waals surface area (Å²) in [5.74, 6) is 0.880. The van der Waals surface area contributed by atoms with E-state index in [9.17, 15) is 4.79 Å². The monoisotopic (exact) mass is 360 g/mol. The zero-order valence-corrected chi connectivity index (χ0v) is 14.6. The molecule has 4 heteroatoms. The summed E-state index contributed by atoms with van der Waals surface area (Å²) in [5.41, 5.74) is 2.95. The average Bonchev–Trinajstić information content (AvgIpc) is 2.89. The largest absolute Gasteiger partial charge is 0.340 e. The summed E-state index contributed by atoms with van der Waals surface area (Å²) in [5, 5.41) is 0. The van der Waals surface area contributed by atoms with Gasteiger partial charge < -0.3 is 9.47 Å². The van der Waals surface area contributed by atoms with Crippen LogP contribution in [0.2, 0.25) is 0 Å². The van der Waals surface area contributed by atoms with E-state index in [2.05, 4.69) is 35.0 Å². The van der Waals surface area contributed by atoms with E-state index in [4.69, 9.17) is 0 Å². The first-order valence-corrected chi connectivity index (χ1v) is 8.56. The third kappa shape index (κ3) is 2.98. The van der Waals surface area contributed by atoms with Crippen LogP contribution in [-0.2, 0) is 7.05 Å². The van der Waals surface area contributed by atoms with Crippen molar-refractivity contribution >= 4 is 21.8 Å². The molecule has 3 nitrogen and oxygen atoms in total. The maximum atomic E-state index is 12.7. The minimum Gasteiger partial charge on any atom is -0.340 e. The standard InChI is InChI=1S/C18H21BrN2O/c1-13-8-10-21(11-9-13)18(22)17-7-6-16(20(17)2)14-4-3-5-15(19)12-14/h3-7,12-13H,8-11H2,1-2H3. The van der Waals surface area contributed by atoms with Crippen LogP contribution >= 0.6 is 15.9 Å². The number of rotatable bonds is 2. The lowest BCUT2D eigenvalue weighted by Crippen LogP contribution is -2.38. The summed E-state index contributed by atoms with van der Waals surface area (Å²) in [6.07, 6.45) is 2.21. The smallest absolute Gasteiger partial charge is 0.270 e. The second-order valence-corrected chi connectivity index (χ2v) is 7.06. The van der Waals surface area contributed by atoms with Gasteiger partial charge >= 0.3 is 0 Å². The fourth-order valence-electron chi connectivity index (χ4n) is 3.04. The van der Waals surface area contributed by atoms with Crippen molar-refractivity contribution in [2.24, 2.45) is 13.0 Å². The van der Waals surface area contributed by atoms with Crippen molar-refractivity contribution < 1.29 is 4.79 Å². The van der Waals surface area contributed by atoms with E-state index < -0.39 is 0 Å². The molecule has 1 aliphatic rings. The second-order valence-electron chi connectivity index (χ2n) is 6.15. The molecule has 0 spiro atoms. The number of hydrogen-bond donors (Lipinski definition) is 0. The Morgan fingerprint density at radius 3 is 2.59 bits per heavy atom. The number of amides is 1. The molecule has 0 N–H and O–H groups in total. The molecule has 1 fully saturated rings. The lowest BCUT2D eigenvalue weighted by atomic mass is 9.99. The molecule has 2 aromatic rings. The van der Waals surface area contributed by atoms with Crippen LogP contribution in [0.1, 0.15) is 30.3 Å². The number of piperidine rings is 1. The third-order valence-corrected chi connectivity index (χ3v) is 5.03. The molecule has 1 saturated heterocycles. The van der Waals surface area contributed by atoms with Crippen LogP contribution in [0, 0.1) is 5.92 Å². The van der Waals surface area contributed by atoms with Crippen LogP contribution in [0.4, 0.5) is 0 Å². The number of benzene rings is 1. The summed E-state index contributed by atoms with van der Waals surface area (Å²) in [6, 6.07) is 12.1. The number of carbonyl (C=O) groups is 1. The molecular formula is C18H21BrN2O. The Labute approximate surface area is 140 Å². The van der Waals surface area contributed by atoms with Crippen molar-refractivity contribution in [3.05, 3.63) is 46.6 Å². The SMILES string of the molecule is CC1CCN(C(=O)c2ccc(-c3cccc(Br)c3)n2C)CC1. The summed E-state index contributed by atoms with van der Waals surface area (Å²) < 4.78 is 3.05.